The number of allylic oxidation sites excluding steroid dienone is 1. The largest absolute Gasteiger partial charge is 0.497 e. The van der Waals surface area contributed by atoms with Crippen LogP contribution in [0.4, 0.5) is 0 Å². The van der Waals surface area contributed by atoms with Gasteiger partial charge < -0.3 is 9.47 Å². The number of rotatable bonds is 5. The van der Waals surface area contributed by atoms with E-state index in [1.807, 2.05) is 60.7 Å². The van der Waals surface area contributed by atoms with Gasteiger partial charge in [-0.05, 0) is 78.4 Å². The van der Waals surface area contributed by atoms with E-state index in [0.29, 0.717) is 5.69 Å². The Labute approximate surface area is 199 Å². The van der Waals surface area contributed by atoms with Crippen molar-refractivity contribution in [2.24, 2.45) is 11.0 Å². The zero-order valence-electron chi connectivity index (χ0n) is 19.3. The van der Waals surface area contributed by atoms with Gasteiger partial charge >= 0.3 is 0 Å². The van der Waals surface area contributed by atoms with Gasteiger partial charge in [-0.1, -0.05) is 30.3 Å². The van der Waals surface area contributed by atoms with E-state index in [2.05, 4.69) is 11.1 Å². The molecule has 1 aromatic heterocycles. The van der Waals surface area contributed by atoms with Crippen molar-refractivity contribution < 1.29 is 14.3 Å². The van der Waals surface area contributed by atoms with Crippen molar-refractivity contribution in [2.45, 2.75) is 25.3 Å². The molecule has 1 aliphatic heterocycles. The molecule has 3 aromatic rings. The predicted molar refractivity (Wildman–Crippen MR) is 132 cm³/mol. The van der Waals surface area contributed by atoms with Crippen molar-refractivity contribution in [3.05, 3.63) is 95.3 Å². The van der Waals surface area contributed by atoms with Crippen molar-refractivity contribution in [1.82, 2.24) is 9.99 Å². The van der Waals surface area contributed by atoms with Crippen molar-refractivity contribution >= 4 is 17.7 Å². The first-order chi connectivity index (χ1) is 16.7. The summed E-state index contributed by atoms with van der Waals surface area (Å²) in [5.74, 6) is 1.55. The lowest BCUT2D eigenvalue weighted by Gasteiger charge is -2.29. The average molecular weight is 454 g/mol. The molecule has 0 bridgehead atoms. The minimum Gasteiger partial charge on any atom is -0.497 e. The normalized spacial score (nSPS) is 20.6. The summed E-state index contributed by atoms with van der Waals surface area (Å²) in [6.45, 7) is 0. The van der Waals surface area contributed by atoms with Crippen LogP contribution in [0.1, 0.15) is 46.9 Å². The first kappa shape index (κ1) is 21.9. The number of hydrogen-bond acceptors (Lipinski definition) is 5. The van der Waals surface area contributed by atoms with E-state index in [9.17, 15) is 4.79 Å². The quantitative estimate of drug-likeness (QED) is 0.509. The van der Waals surface area contributed by atoms with Gasteiger partial charge in [0.15, 0.2) is 0 Å². The standard InChI is InChI=1S/C28H27N3O3/c1-33-22-13-9-19(10-14-22)18-21-6-5-7-24-26(21)30-31(28(32)25-8-3-4-17-29-25)27(24)20-11-15-23(34-2)16-12-20/h3-4,8-18,24,27H,5-7H2,1-2H3/b21-18+/t24-,27-/m1/s1. The molecule has 0 N–H and O–H groups in total. The number of carbonyl (C=O) groups is 1. The van der Waals surface area contributed by atoms with E-state index in [1.54, 1.807) is 31.5 Å². The molecular formula is C28H27N3O3. The molecule has 0 radical (unpaired) electrons. The number of benzene rings is 2. The van der Waals surface area contributed by atoms with Crippen LogP contribution in [0.25, 0.3) is 6.08 Å². The third-order valence-electron chi connectivity index (χ3n) is 6.51. The Morgan fingerprint density at radius 1 is 0.971 bits per heavy atom. The molecule has 1 amide bonds. The highest BCUT2D eigenvalue weighted by Crippen LogP contribution is 2.45. The van der Waals surface area contributed by atoms with Crippen molar-refractivity contribution in [3.8, 4) is 11.5 Å². The average Bonchev–Trinajstić information content (AvgIpc) is 3.30. The molecule has 6 nitrogen and oxygen atoms in total. The van der Waals surface area contributed by atoms with Crippen LogP contribution in [0.3, 0.4) is 0 Å². The number of methoxy groups -OCH3 is 2. The monoisotopic (exact) mass is 453 g/mol. The maximum Gasteiger partial charge on any atom is 0.293 e. The van der Waals surface area contributed by atoms with Crippen LogP contribution in [0.15, 0.2) is 83.6 Å². The highest BCUT2D eigenvalue weighted by molar-refractivity contribution is 6.09. The third kappa shape index (κ3) is 4.19. The zero-order valence-corrected chi connectivity index (χ0v) is 19.3. The molecule has 2 atom stereocenters. The number of nitrogens with zero attached hydrogens (tertiary/aromatic N) is 3. The topological polar surface area (TPSA) is 64.0 Å². The molecule has 5 rings (SSSR count). The predicted octanol–water partition coefficient (Wildman–Crippen LogP) is 5.54. The lowest BCUT2D eigenvalue weighted by atomic mass is 9.77. The fraction of sp³-hybridized carbons (Fsp3) is 0.250. The molecule has 172 valence electrons. The first-order valence-electron chi connectivity index (χ1n) is 11.5. The Hall–Kier alpha value is -3.93. The van der Waals surface area contributed by atoms with Crippen molar-refractivity contribution in [3.63, 3.8) is 0 Å². The number of pyridine rings is 1. The van der Waals surface area contributed by atoms with E-state index in [4.69, 9.17) is 14.6 Å². The fourth-order valence-electron chi connectivity index (χ4n) is 4.81. The molecule has 1 saturated carbocycles. The summed E-state index contributed by atoms with van der Waals surface area (Å²) in [6.07, 6.45) is 6.78. The number of carbonyl (C=O) groups excluding carboxylic acids is 1. The number of hydrogen-bond donors (Lipinski definition) is 0. The number of fused-ring (bicyclic) bond motifs is 1. The first-order valence-corrected chi connectivity index (χ1v) is 11.5. The minimum absolute atomic E-state index is 0.124. The summed E-state index contributed by atoms with van der Waals surface area (Å²) in [5, 5.41) is 6.57. The molecule has 0 spiro atoms. The van der Waals surface area contributed by atoms with Gasteiger partial charge in [0.05, 0.1) is 26.0 Å². The second-order valence-corrected chi connectivity index (χ2v) is 8.51. The van der Waals surface area contributed by atoms with Gasteiger partial charge in [0.2, 0.25) is 0 Å². The van der Waals surface area contributed by atoms with Gasteiger partial charge in [0, 0.05) is 12.1 Å². The Kier molecular flexibility index (Phi) is 6.12. The summed E-state index contributed by atoms with van der Waals surface area (Å²) in [5.41, 5.74) is 4.70. The number of hydrazone groups is 1. The highest BCUT2D eigenvalue weighted by atomic mass is 16.5. The molecule has 34 heavy (non-hydrogen) atoms. The molecule has 2 heterocycles. The molecule has 0 saturated heterocycles. The summed E-state index contributed by atoms with van der Waals surface area (Å²) in [6, 6.07) is 21.1. The van der Waals surface area contributed by atoms with Crippen LogP contribution in [0.2, 0.25) is 0 Å². The molecule has 0 unspecified atom stereocenters. The van der Waals surface area contributed by atoms with E-state index in [1.165, 1.54) is 5.57 Å². The van der Waals surface area contributed by atoms with E-state index in [-0.39, 0.29) is 17.9 Å². The lowest BCUT2D eigenvalue weighted by molar-refractivity contribution is 0.0675. The SMILES string of the molecule is COc1ccc(/C=C2\CCC[C@@H]3C2=NN(C(=O)c2ccccn2)[C@@H]3c2ccc(OC)cc2)cc1. The van der Waals surface area contributed by atoms with Gasteiger partial charge in [0.1, 0.15) is 17.2 Å². The fourth-order valence-corrected chi connectivity index (χ4v) is 4.81. The second kappa shape index (κ2) is 9.51. The third-order valence-corrected chi connectivity index (χ3v) is 6.51. The van der Waals surface area contributed by atoms with Gasteiger partial charge in [-0.15, -0.1) is 0 Å². The van der Waals surface area contributed by atoms with Crippen LogP contribution < -0.4 is 9.47 Å². The number of aromatic nitrogens is 1. The maximum atomic E-state index is 13.5. The van der Waals surface area contributed by atoms with Crippen LogP contribution in [0, 0.1) is 5.92 Å². The molecule has 1 fully saturated rings. The molecule has 6 heteroatoms. The highest BCUT2D eigenvalue weighted by Gasteiger charge is 2.44. The maximum absolute atomic E-state index is 13.5. The summed E-state index contributed by atoms with van der Waals surface area (Å²) < 4.78 is 10.6. The summed E-state index contributed by atoms with van der Waals surface area (Å²) in [7, 11) is 3.32. The van der Waals surface area contributed by atoms with E-state index < -0.39 is 0 Å². The number of amides is 1. The van der Waals surface area contributed by atoms with Crippen LogP contribution in [-0.4, -0.2) is 35.8 Å². The molecule has 1 aliphatic carbocycles. The zero-order chi connectivity index (χ0) is 23.5. The Bertz CT molecular complexity index is 1220. The van der Waals surface area contributed by atoms with Gasteiger partial charge in [-0.2, -0.15) is 5.10 Å². The molecule has 2 aliphatic rings. The summed E-state index contributed by atoms with van der Waals surface area (Å²) >= 11 is 0. The summed E-state index contributed by atoms with van der Waals surface area (Å²) in [4.78, 5) is 17.8. The number of ether oxygens (including phenoxy) is 2. The van der Waals surface area contributed by atoms with Crippen molar-refractivity contribution in [2.75, 3.05) is 14.2 Å². The Balaban J connectivity index is 1.55. The van der Waals surface area contributed by atoms with Gasteiger partial charge in [-0.3, -0.25) is 9.78 Å². The molecule has 2 aromatic carbocycles. The lowest BCUT2D eigenvalue weighted by Crippen LogP contribution is -2.32. The second-order valence-electron chi connectivity index (χ2n) is 8.51. The van der Waals surface area contributed by atoms with Gasteiger partial charge in [0.25, 0.3) is 5.91 Å². The Morgan fingerprint density at radius 2 is 1.68 bits per heavy atom. The van der Waals surface area contributed by atoms with Crippen LogP contribution in [-0.2, 0) is 0 Å². The smallest absolute Gasteiger partial charge is 0.293 e. The van der Waals surface area contributed by atoms with E-state index in [0.717, 1.165) is 47.6 Å². The van der Waals surface area contributed by atoms with Crippen LogP contribution in [0.5, 0.6) is 11.5 Å². The Morgan fingerprint density at radius 3 is 2.32 bits per heavy atom. The molecular weight excluding hydrogens is 426 g/mol. The van der Waals surface area contributed by atoms with E-state index >= 15 is 0 Å². The minimum atomic E-state index is -0.188. The van der Waals surface area contributed by atoms with Crippen molar-refractivity contribution in [1.29, 1.82) is 0 Å². The van der Waals surface area contributed by atoms with Gasteiger partial charge in [-0.25, -0.2) is 5.01 Å². The van der Waals surface area contributed by atoms with Crippen LogP contribution >= 0.6 is 0 Å².